The van der Waals surface area contributed by atoms with Crippen molar-refractivity contribution in [3.8, 4) is 0 Å². The van der Waals surface area contributed by atoms with Gasteiger partial charge in [-0.25, -0.2) is 4.68 Å². The number of alkyl halides is 1. The highest BCUT2D eigenvalue weighted by Crippen LogP contribution is 2.45. The molecule has 0 aliphatic heterocycles. The highest BCUT2D eigenvalue weighted by Gasteiger charge is 2.47. The molecule has 0 fully saturated rings. The first kappa shape index (κ1) is 12.6. The van der Waals surface area contributed by atoms with Gasteiger partial charge in [-0.1, -0.05) is 42.8 Å². The predicted molar refractivity (Wildman–Crippen MR) is 71.9 cm³/mol. The highest BCUT2D eigenvalue weighted by atomic mass is 79.9. The number of aromatic nitrogens is 2. The molecular formula is C13H17BrN2O. The molecule has 3 nitrogen and oxygen atoms in total. The predicted octanol–water partition coefficient (Wildman–Crippen LogP) is 3.27. The van der Waals surface area contributed by atoms with Crippen molar-refractivity contribution in [1.82, 2.24) is 9.78 Å². The third-order valence-electron chi connectivity index (χ3n) is 3.02. The molecule has 1 aromatic rings. The standard InChI is InChI=1S/C13H17BrN2O/c1-12(2,3)11(17)13(14)7-4-6-10(13)16-9-5-8-15-16/h5-6,8-9H,4,7H2,1-3H3. The van der Waals surface area contributed by atoms with E-state index in [0.29, 0.717) is 0 Å². The zero-order chi connectivity index (χ0) is 12.7. The van der Waals surface area contributed by atoms with Gasteiger partial charge in [0.1, 0.15) is 4.32 Å². The van der Waals surface area contributed by atoms with E-state index in [9.17, 15) is 4.79 Å². The summed E-state index contributed by atoms with van der Waals surface area (Å²) < 4.78 is 1.20. The van der Waals surface area contributed by atoms with Crippen LogP contribution in [-0.4, -0.2) is 19.9 Å². The lowest BCUT2D eigenvalue weighted by Gasteiger charge is -2.31. The van der Waals surface area contributed by atoms with E-state index >= 15 is 0 Å². The first-order valence-corrected chi connectivity index (χ1v) is 6.59. The van der Waals surface area contributed by atoms with E-state index in [2.05, 4.69) is 27.1 Å². The number of rotatable bonds is 2. The molecule has 0 aromatic carbocycles. The van der Waals surface area contributed by atoms with E-state index in [0.717, 1.165) is 18.5 Å². The second-order valence-electron chi connectivity index (χ2n) is 5.46. The zero-order valence-corrected chi connectivity index (χ0v) is 12.0. The van der Waals surface area contributed by atoms with Crippen molar-refractivity contribution in [3.63, 3.8) is 0 Å². The minimum atomic E-state index is -0.586. The first-order chi connectivity index (χ1) is 7.86. The SMILES string of the molecule is CC(C)(C)C(=O)C1(Br)CCC=C1n1cccn1. The zero-order valence-electron chi connectivity index (χ0n) is 10.4. The lowest BCUT2D eigenvalue weighted by molar-refractivity contribution is -0.127. The lowest BCUT2D eigenvalue weighted by atomic mass is 9.81. The van der Waals surface area contributed by atoms with Crippen LogP contribution in [0.1, 0.15) is 33.6 Å². The summed E-state index contributed by atoms with van der Waals surface area (Å²) in [5, 5.41) is 4.22. The van der Waals surface area contributed by atoms with Gasteiger partial charge in [-0.3, -0.25) is 4.79 Å². The van der Waals surface area contributed by atoms with Crippen molar-refractivity contribution in [1.29, 1.82) is 0 Å². The van der Waals surface area contributed by atoms with Crippen LogP contribution in [0.5, 0.6) is 0 Å². The van der Waals surface area contributed by atoms with Gasteiger partial charge in [-0.15, -0.1) is 0 Å². The number of Topliss-reactive ketones (excluding diaryl/α,β-unsaturated/α-hetero) is 1. The molecule has 1 aliphatic rings. The number of nitrogens with zero attached hydrogens (tertiary/aromatic N) is 2. The molecule has 92 valence electrons. The number of halogens is 1. The molecule has 1 unspecified atom stereocenters. The topological polar surface area (TPSA) is 34.9 Å². The van der Waals surface area contributed by atoms with E-state index in [1.165, 1.54) is 0 Å². The fourth-order valence-corrected chi connectivity index (χ4v) is 3.38. The third kappa shape index (κ3) is 2.10. The number of ketones is 1. The molecule has 4 heteroatoms. The highest BCUT2D eigenvalue weighted by molar-refractivity contribution is 9.10. The Morgan fingerprint density at radius 1 is 1.53 bits per heavy atom. The van der Waals surface area contributed by atoms with Crippen LogP contribution in [0.3, 0.4) is 0 Å². The minimum absolute atomic E-state index is 0.212. The maximum Gasteiger partial charge on any atom is 0.160 e. The van der Waals surface area contributed by atoms with Gasteiger partial charge in [0.2, 0.25) is 0 Å². The van der Waals surface area contributed by atoms with Crippen molar-refractivity contribution < 1.29 is 4.79 Å². The summed E-state index contributed by atoms with van der Waals surface area (Å²) in [6.07, 6.45) is 7.41. The number of hydrogen-bond acceptors (Lipinski definition) is 2. The van der Waals surface area contributed by atoms with Gasteiger partial charge in [-0.2, -0.15) is 5.10 Å². The maximum atomic E-state index is 12.6. The fourth-order valence-electron chi connectivity index (χ4n) is 2.21. The van der Waals surface area contributed by atoms with Gasteiger partial charge in [0, 0.05) is 17.8 Å². The van der Waals surface area contributed by atoms with Gasteiger partial charge < -0.3 is 0 Å². The van der Waals surface area contributed by atoms with Gasteiger partial charge >= 0.3 is 0 Å². The fraction of sp³-hybridized carbons (Fsp3) is 0.538. The van der Waals surface area contributed by atoms with Gasteiger partial charge in [0.05, 0.1) is 5.70 Å². The molecule has 2 rings (SSSR count). The molecule has 0 amide bonds. The normalized spacial score (nSPS) is 24.8. The average Bonchev–Trinajstić information content (AvgIpc) is 2.84. The molecule has 1 aromatic heterocycles. The molecule has 1 atom stereocenters. The van der Waals surface area contributed by atoms with Crippen LogP contribution in [-0.2, 0) is 4.79 Å². The summed E-state index contributed by atoms with van der Waals surface area (Å²) in [4.78, 5) is 12.6. The molecule has 1 heterocycles. The largest absolute Gasteiger partial charge is 0.297 e. The van der Waals surface area contributed by atoms with Crippen molar-refractivity contribution in [2.24, 2.45) is 5.41 Å². The Morgan fingerprint density at radius 3 is 2.76 bits per heavy atom. The minimum Gasteiger partial charge on any atom is -0.297 e. The van der Waals surface area contributed by atoms with E-state index < -0.39 is 4.32 Å². The molecular weight excluding hydrogens is 280 g/mol. The van der Waals surface area contributed by atoms with Crippen molar-refractivity contribution in [2.45, 2.75) is 37.9 Å². The Kier molecular flexibility index (Phi) is 3.02. The number of hydrogen-bond donors (Lipinski definition) is 0. The van der Waals surface area contributed by atoms with Crippen molar-refractivity contribution >= 4 is 27.4 Å². The summed E-state index contributed by atoms with van der Waals surface area (Å²) in [5.41, 5.74) is 0.586. The first-order valence-electron chi connectivity index (χ1n) is 5.80. The monoisotopic (exact) mass is 296 g/mol. The van der Waals surface area contributed by atoms with Gasteiger partial charge in [0.25, 0.3) is 0 Å². The summed E-state index contributed by atoms with van der Waals surface area (Å²) in [6.45, 7) is 5.87. The lowest BCUT2D eigenvalue weighted by Crippen LogP contribution is -2.41. The summed E-state index contributed by atoms with van der Waals surface area (Å²) in [5.74, 6) is 0.212. The van der Waals surface area contributed by atoms with Crippen LogP contribution in [0.15, 0.2) is 24.5 Å². The van der Waals surface area contributed by atoms with Crippen molar-refractivity contribution in [3.05, 3.63) is 24.5 Å². The second kappa shape index (κ2) is 4.09. The van der Waals surface area contributed by atoms with Crippen LogP contribution >= 0.6 is 15.9 Å². The Morgan fingerprint density at radius 2 is 2.24 bits per heavy atom. The van der Waals surface area contributed by atoms with Crippen LogP contribution < -0.4 is 0 Å². The van der Waals surface area contributed by atoms with Crippen LogP contribution in [0.4, 0.5) is 0 Å². The third-order valence-corrected chi connectivity index (χ3v) is 4.19. The average molecular weight is 297 g/mol. The summed E-state index contributed by atoms with van der Waals surface area (Å²) >= 11 is 3.66. The Hall–Kier alpha value is -0.900. The molecule has 0 N–H and O–H groups in total. The van der Waals surface area contributed by atoms with Crippen LogP contribution in [0.25, 0.3) is 5.70 Å². The van der Waals surface area contributed by atoms with E-state index in [1.54, 1.807) is 10.9 Å². The Labute approximate surface area is 110 Å². The number of carbonyl (C=O) groups is 1. The van der Waals surface area contributed by atoms with Crippen LogP contribution in [0.2, 0.25) is 0 Å². The number of allylic oxidation sites excluding steroid dienone is 2. The molecule has 17 heavy (non-hydrogen) atoms. The summed E-state index contributed by atoms with van der Waals surface area (Å²) in [6, 6.07) is 1.87. The Bertz CT molecular complexity index is 456. The second-order valence-corrected chi connectivity index (χ2v) is 6.81. The van der Waals surface area contributed by atoms with E-state index in [1.807, 2.05) is 33.0 Å². The maximum absolute atomic E-state index is 12.6. The smallest absolute Gasteiger partial charge is 0.160 e. The molecule has 0 saturated heterocycles. The number of carbonyl (C=O) groups excluding carboxylic acids is 1. The van der Waals surface area contributed by atoms with E-state index in [-0.39, 0.29) is 11.2 Å². The van der Waals surface area contributed by atoms with Crippen LogP contribution in [0, 0.1) is 5.41 Å². The molecule has 1 aliphatic carbocycles. The molecule has 0 spiro atoms. The molecule has 0 saturated carbocycles. The van der Waals surface area contributed by atoms with Crippen molar-refractivity contribution in [2.75, 3.05) is 0 Å². The molecule has 0 bridgehead atoms. The van der Waals surface area contributed by atoms with Gasteiger partial charge in [0.15, 0.2) is 5.78 Å². The summed E-state index contributed by atoms with van der Waals surface area (Å²) in [7, 11) is 0. The van der Waals surface area contributed by atoms with Gasteiger partial charge in [-0.05, 0) is 18.9 Å². The quantitative estimate of drug-likeness (QED) is 0.785. The Balaban J connectivity index is 2.39. The molecule has 0 radical (unpaired) electrons. The van der Waals surface area contributed by atoms with E-state index in [4.69, 9.17) is 0 Å².